The van der Waals surface area contributed by atoms with Crippen molar-refractivity contribution in [2.75, 3.05) is 12.3 Å². The number of ether oxygens (including phenoxy) is 2. The molecular formula is C30H30N4O3. The SMILES string of the molecule is CCOC(=O)Cc1ccccc1OCc1nn(C(C)C)c2ccc(-c3ccc4cnc(N)cc4c3)cc12. The van der Waals surface area contributed by atoms with Crippen LogP contribution >= 0.6 is 0 Å². The third-order valence-corrected chi connectivity index (χ3v) is 6.33. The summed E-state index contributed by atoms with van der Waals surface area (Å²) in [5, 5.41) is 8.02. The molecule has 37 heavy (non-hydrogen) atoms. The standard InChI is InChI=1S/C30H30N4O3/c1-4-36-30(35)16-22-7-5-6-8-28(22)37-18-26-25-14-21(11-12-27(25)34(33-26)19(2)3)20-9-10-23-17-32-29(31)15-24(23)13-20/h5-15,17,19H,4,16,18H2,1-3H3,(H2,31,32). The summed E-state index contributed by atoms with van der Waals surface area (Å²) in [6.45, 7) is 6.65. The van der Waals surface area contributed by atoms with Gasteiger partial charge in [0, 0.05) is 28.6 Å². The van der Waals surface area contributed by atoms with Crippen LogP contribution in [0.2, 0.25) is 0 Å². The number of aromatic nitrogens is 3. The van der Waals surface area contributed by atoms with Crippen molar-refractivity contribution in [2.24, 2.45) is 0 Å². The molecule has 0 bridgehead atoms. The van der Waals surface area contributed by atoms with Crippen LogP contribution in [0, 0.1) is 0 Å². The number of para-hydroxylation sites is 1. The summed E-state index contributed by atoms with van der Waals surface area (Å²) >= 11 is 0. The Labute approximate surface area is 215 Å². The van der Waals surface area contributed by atoms with Crippen LogP contribution in [0.3, 0.4) is 0 Å². The van der Waals surface area contributed by atoms with Gasteiger partial charge in [-0.15, -0.1) is 0 Å². The number of carbonyl (C=O) groups is 1. The zero-order valence-electron chi connectivity index (χ0n) is 21.3. The third-order valence-electron chi connectivity index (χ3n) is 6.33. The zero-order valence-corrected chi connectivity index (χ0v) is 21.3. The molecule has 3 aromatic carbocycles. The molecule has 0 atom stereocenters. The van der Waals surface area contributed by atoms with Gasteiger partial charge in [-0.1, -0.05) is 36.4 Å². The Bertz CT molecular complexity index is 1590. The van der Waals surface area contributed by atoms with Crippen molar-refractivity contribution in [3.63, 3.8) is 0 Å². The molecule has 7 nitrogen and oxygen atoms in total. The van der Waals surface area contributed by atoms with E-state index in [9.17, 15) is 4.79 Å². The number of nitrogens with two attached hydrogens (primary N) is 1. The van der Waals surface area contributed by atoms with Gasteiger partial charge in [0.05, 0.1) is 18.5 Å². The third kappa shape index (κ3) is 5.11. The van der Waals surface area contributed by atoms with E-state index in [1.807, 2.05) is 35.0 Å². The molecule has 0 saturated carbocycles. The Hall–Kier alpha value is -4.39. The number of nitrogens with zero attached hydrogens (tertiary/aromatic N) is 3. The van der Waals surface area contributed by atoms with Gasteiger partial charge in [0.1, 0.15) is 23.9 Å². The minimum absolute atomic E-state index is 0.164. The van der Waals surface area contributed by atoms with E-state index < -0.39 is 0 Å². The van der Waals surface area contributed by atoms with Crippen molar-refractivity contribution in [2.45, 2.75) is 39.8 Å². The van der Waals surface area contributed by atoms with Gasteiger partial charge in [-0.3, -0.25) is 9.48 Å². The van der Waals surface area contributed by atoms with Gasteiger partial charge in [-0.25, -0.2) is 4.98 Å². The van der Waals surface area contributed by atoms with E-state index in [2.05, 4.69) is 55.2 Å². The molecule has 2 heterocycles. The first kappa shape index (κ1) is 24.3. The molecule has 0 aliphatic heterocycles. The summed E-state index contributed by atoms with van der Waals surface area (Å²) in [5.74, 6) is 0.881. The van der Waals surface area contributed by atoms with Crippen LogP contribution in [-0.4, -0.2) is 27.3 Å². The monoisotopic (exact) mass is 494 g/mol. The number of benzene rings is 3. The highest BCUT2D eigenvalue weighted by Gasteiger charge is 2.16. The summed E-state index contributed by atoms with van der Waals surface area (Å²) < 4.78 is 13.4. The molecule has 5 rings (SSSR count). The highest BCUT2D eigenvalue weighted by molar-refractivity contribution is 5.91. The van der Waals surface area contributed by atoms with Crippen LogP contribution in [0.1, 0.15) is 38.1 Å². The van der Waals surface area contributed by atoms with E-state index in [1.165, 1.54) is 0 Å². The summed E-state index contributed by atoms with van der Waals surface area (Å²) in [7, 11) is 0. The van der Waals surface area contributed by atoms with Gasteiger partial charge in [0.15, 0.2) is 0 Å². The number of nitrogen functional groups attached to an aromatic ring is 1. The summed E-state index contributed by atoms with van der Waals surface area (Å²) in [4.78, 5) is 16.2. The normalized spacial score (nSPS) is 11.4. The lowest BCUT2D eigenvalue weighted by molar-refractivity contribution is -0.142. The first-order chi connectivity index (χ1) is 17.9. The van der Waals surface area contributed by atoms with Crippen molar-refractivity contribution in [3.8, 4) is 16.9 Å². The van der Waals surface area contributed by atoms with E-state index >= 15 is 0 Å². The van der Waals surface area contributed by atoms with Gasteiger partial charge < -0.3 is 15.2 Å². The van der Waals surface area contributed by atoms with E-state index in [1.54, 1.807) is 13.1 Å². The molecule has 0 aliphatic carbocycles. The summed E-state index contributed by atoms with van der Waals surface area (Å²) in [5.41, 5.74) is 10.8. The molecule has 0 saturated heterocycles. The van der Waals surface area contributed by atoms with E-state index in [0.717, 1.165) is 44.1 Å². The predicted molar refractivity (Wildman–Crippen MR) is 146 cm³/mol. The largest absolute Gasteiger partial charge is 0.487 e. The number of fused-ring (bicyclic) bond motifs is 2. The van der Waals surface area contributed by atoms with Crippen LogP contribution in [-0.2, 0) is 22.6 Å². The Morgan fingerprint density at radius 1 is 1.00 bits per heavy atom. The van der Waals surface area contributed by atoms with Gasteiger partial charge in [-0.2, -0.15) is 5.10 Å². The van der Waals surface area contributed by atoms with E-state index in [0.29, 0.717) is 18.2 Å². The highest BCUT2D eigenvalue weighted by Crippen LogP contribution is 2.31. The summed E-state index contributed by atoms with van der Waals surface area (Å²) in [6.07, 6.45) is 1.96. The van der Waals surface area contributed by atoms with Crippen LogP contribution < -0.4 is 10.5 Å². The molecule has 0 radical (unpaired) electrons. The molecular weight excluding hydrogens is 464 g/mol. The van der Waals surface area contributed by atoms with E-state index in [-0.39, 0.29) is 25.0 Å². The first-order valence-electron chi connectivity index (χ1n) is 12.5. The van der Waals surface area contributed by atoms with Gasteiger partial charge >= 0.3 is 5.97 Å². The van der Waals surface area contributed by atoms with Crippen molar-refractivity contribution >= 4 is 33.5 Å². The average molecular weight is 495 g/mol. The molecule has 188 valence electrons. The van der Waals surface area contributed by atoms with Gasteiger partial charge in [0.25, 0.3) is 0 Å². The van der Waals surface area contributed by atoms with Crippen LogP contribution in [0.4, 0.5) is 5.82 Å². The number of hydrogen-bond acceptors (Lipinski definition) is 6. The Balaban J connectivity index is 1.49. The molecule has 0 fully saturated rings. The van der Waals surface area contributed by atoms with Crippen LogP contribution in [0.15, 0.2) is 72.9 Å². The van der Waals surface area contributed by atoms with Gasteiger partial charge in [-0.05, 0) is 67.6 Å². The number of carbonyl (C=O) groups excluding carboxylic acids is 1. The molecule has 0 unspecified atom stereocenters. The second-order valence-electron chi connectivity index (χ2n) is 9.27. The molecule has 2 aromatic heterocycles. The average Bonchev–Trinajstić information content (AvgIpc) is 3.26. The second kappa shape index (κ2) is 10.3. The smallest absolute Gasteiger partial charge is 0.310 e. The lowest BCUT2D eigenvalue weighted by Crippen LogP contribution is -2.09. The molecule has 0 aliphatic rings. The lowest BCUT2D eigenvalue weighted by Gasteiger charge is -2.10. The van der Waals surface area contributed by atoms with Crippen molar-refractivity contribution in [3.05, 3.63) is 84.2 Å². The second-order valence-corrected chi connectivity index (χ2v) is 9.27. The lowest BCUT2D eigenvalue weighted by atomic mass is 10.0. The van der Waals surface area contributed by atoms with Crippen molar-refractivity contribution in [1.82, 2.24) is 14.8 Å². The molecule has 5 aromatic rings. The highest BCUT2D eigenvalue weighted by atomic mass is 16.5. The fourth-order valence-electron chi connectivity index (χ4n) is 4.53. The summed E-state index contributed by atoms with van der Waals surface area (Å²) in [6, 6.07) is 22.3. The van der Waals surface area contributed by atoms with E-state index in [4.69, 9.17) is 20.3 Å². The zero-order chi connectivity index (χ0) is 25.9. The van der Waals surface area contributed by atoms with Crippen molar-refractivity contribution < 1.29 is 14.3 Å². The molecule has 7 heteroatoms. The van der Waals surface area contributed by atoms with Crippen LogP contribution in [0.25, 0.3) is 32.8 Å². The minimum atomic E-state index is -0.273. The topological polar surface area (TPSA) is 92.3 Å². The Morgan fingerprint density at radius 2 is 1.78 bits per heavy atom. The van der Waals surface area contributed by atoms with Crippen molar-refractivity contribution in [1.29, 1.82) is 0 Å². The maximum atomic E-state index is 12.1. The predicted octanol–water partition coefficient (Wildman–Crippen LogP) is 6.10. The van der Waals surface area contributed by atoms with Gasteiger partial charge in [0.2, 0.25) is 0 Å². The minimum Gasteiger partial charge on any atom is -0.487 e. The molecule has 2 N–H and O–H groups in total. The fraction of sp³-hybridized carbons (Fsp3) is 0.233. The number of esters is 1. The number of hydrogen-bond donors (Lipinski definition) is 1. The molecule has 0 amide bonds. The maximum absolute atomic E-state index is 12.1. The molecule has 0 spiro atoms. The number of rotatable bonds is 8. The Morgan fingerprint density at radius 3 is 2.59 bits per heavy atom. The fourth-order valence-corrected chi connectivity index (χ4v) is 4.53. The first-order valence-corrected chi connectivity index (χ1v) is 12.5. The quantitative estimate of drug-likeness (QED) is 0.262. The van der Waals surface area contributed by atoms with Crippen LogP contribution in [0.5, 0.6) is 5.75 Å². The number of anilines is 1. The number of pyridine rings is 1. The maximum Gasteiger partial charge on any atom is 0.310 e. The Kier molecular flexibility index (Phi) is 6.77.